The molecule has 5 nitrogen and oxygen atoms in total. The standard InChI is InChI=1S/C14H16N4O/c1-3-8-18-13(10-6-4-5-7-15-10)11-9(2)16-17-12(11)14(18)19/h4-7,13H,3,8H2,1-2H3,(H,16,17)/t13-/m1/s1. The van der Waals surface area contributed by atoms with Gasteiger partial charge in [-0.1, -0.05) is 13.0 Å². The predicted molar refractivity (Wildman–Crippen MR) is 70.7 cm³/mol. The van der Waals surface area contributed by atoms with Gasteiger partial charge in [0.1, 0.15) is 6.04 Å². The Labute approximate surface area is 111 Å². The molecule has 0 bridgehead atoms. The topological polar surface area (TPSA) is 61.9 Å². The highest BCUT2D eigenvalue weighted by molar-refractivity contribution is 5.98. The molecule has 0 unspecified atom stereocenters. The summed E-state index contributed by atoms with van der Waals surface area (Å²) >= 11 is 0. The van der Waals surface area contributed by atoms with Gasteiger partial charge in [0.05, 0.1) is 5.69 Å². The number of carbonyl (C=O) groups is 1. The number of nitrogens with zero attached hydrogens (tertiary/aromatic N) is 3. The number of rotatable bonds is 3. The van der Waals surface area contributed by atoms with Gasteiger partial charge in [0.15, 0.2) is 5.69 Å². The second-order valence-electron chi connectivity index (χ2n) is 4.77. The van der Waals surface area contributed by atoms with Gasteiger partial charge >= 0.3 is 0 Å². The summed E-state index contributed by atoms with van der Waals surface area (Å²) in [4.78, 5) is 18.7. The number of aryl methyl sites for hydroxylation is 1. The summed E-state index contributed by atoms with van der Waals surface area (Å²) in [6.07, 6.45) is 2.68. The molecule has 0 aliphatic carbocycles. The van der Waals surface area contributed by atoms with Gasteiger partial charge in [-0.25, -0.2) is 0 Å². The van der Waals surface area contributed by atoms with Crippen molar-refractivity contribution in [3.63, 3.8) is 0 Å². The third kappa shape index (κ3) is 1.73. The van der Waals surface area contributed by atoms with Crippen LogP contribution < -0.4 is 0 Å². The van der Waals surface area contributed by atoms with E-state index in [0.717, 1.165) is 29.9 Å². The number of aromatic nitrogens is 3. The van der Waals surface area contributed by atoms with Crippen molar-refractivity contribution in [2.75, 3.05) is 6.54 Å². The van der Waals surface area contributed by atoms with Crippen LogP contribution in [0.5, 0.6) is 0 Å². The first-order valence-electron chi connectivity index (χ1n) is 6.50. The van der Waals surface area contributed by atoms with E-state index in [-0.39, 0.29) is 11.9 Å². The Bertz CT molecular complexity index is 605. The third-order valence-electron chi connectivity index (χ3n) is 3.48. The molecule has 0 saturated carbocycles. The van der Waals surface area contributed by atoms with Crippen molar-refractivity contribution < 1.29 is 4.79 Å². The lowest BCUT2D eigenvalue weighted by Gasteiger charge is -2.24. The maximum atomic E-state index is 12.4. The summed E-state index contributed by atoms with van der Waals surface area (Å²) < 4.78 is 0. The van der Waals surface area contributed by atoms with Gasteiger partial charge < -0.3 is 4.90 Å². The van der Waals surface area contributed by atoms with Crippen molar-refractivity contribution in [3.8, 4) is 0 Å². The maximum Gasteiger partial charge on any atom is 0.275 e. The van der Waals surface area contributed by atoms with Crippen molar-refractivity contribution in [2.45, 2.75) is 26.3 Å². The van der Waals surface area contributed by atoms with Gasteiger partial charge in [-0.05, 0) is 25.5 Å². The van der Waals surface area contributed by atoms with E-state index in [0.29, 0.717) is 5.69 Å². The molecule has 1 N–H and O–H groups in total. The first-order valence-corrected chi connectivity index (χ1v) is 6.50. The number of carbonyl (C=O) groups excluding carboxylic acids is 1. The highest BCUT2D eigenvalue weighted by atomic mass is 16.2. The SMILES string of the molecule is CCCN1C(=O)c2n[nH]c(C)c2[C@H]1c1ccccn1. The van der Waals surface area contributed by atoms with Gasteiger partial charge in [-0.2, -0.15) is 5.10 Å². The van der Waals surface area contributed by atoms with E-state index in [2.05, 4.69) is 22.1 Å². The lowest BCUT2D eigenvalue weighted by atomic mass is 10.0. The molecule has 0 fully saturated rings. The molecule has 2 aromatic rings. The fourth-order valence-corrected chi connectivity index (χ4v) is 2.66. The molecule has 1 amide bonds. The van der Waals surface area contributed by atoms with Crippen molar-refractivity contribution in [2.24, 2.45) is 0 Å². The van der Waals surface area contributed by atoms with E-state index in [4.69, 9.17) is 0 Å². The number of nitrogens with one attached hydrogen (secondary N) is 1. The van der Waals surface area contributed by atoms with E-state index in [1.54, 1.807) is 6.20 Å². The van der Waals surface area contributed by atoms with Crippen LogP contribution in [-0.2, 0) is 0 Å². The van der Waals surface area contributed by atoms with Crippen molar-refractivity contribution in [1.82, 2.24) is 20.1 Å². The van der Waals surface area contributed by atoms with Crippen molar-refractivity contribution in [3.05, 3.63) is 47.0 Å². The Hall–Kier alpha value is -2.17. The molecule has 98 valence electrons. The molecule has 19 heavy (non-hydrogen) atoms. The number of H-pyrrole nitrogens is 1. The van der Waals surface area contributed by atoms with E-state index in [1.165, 1.54) is 0 Å². The molecule has 2 aromatic heterocycles. The van der Waals surface area contributed by atoms with Crippen LogP contribution in [0.1, 0.15) is 46.8 Å². The third-order valence-corrected chi connectivity index (χ3v) is 3.48. The lowest BCUT2D eigenvalue weighted by Crippen LogP contribution is -2.30. The number of fused-ring (bicyclic) bond motifs is 1. The molecule has 0 radical (unpaired) electrons. The molecule has 1 aliphatic heterocycles. The first-order chi connectivity index (χ1) is 9.24. The Balaban J connectivity index is 2.13. The second kappa shape index (κ2) is 4.50. The quantitative estimate of drug-likeness (QED) is 0.914. The average Bonchev–Trinajstić information content (AvgIpc) is 2.93. The zero-order chi connectivity index (χ0) is 13.4. The summed E-state index contributed by atoms with van der Waals surface area (Å²) in [6.45, 7) is 4.73. The van der Waals surface area contributed by atoms with E-state index >= 15 is 0 Å². The molecule has 1 aliphatic rings. The highest BCUT2D eigenvalue weighted by Crippen LogP contribution is 2.38. The molecule has 1 atom stereocenters. The van der Waals surface area contributed by atoms with Gasteiger partial charge in [0, 0.05) is 24.0 Å². The molecule has 5 heteroatoms. The summed E-state index contributed by atoms with van der Waals surface area (Å²) in [6, 6.07) is 5.68. The summed E-state index contributed by atoms with van der Waals surface area (Å²) in [5.74, 6) is -0.00291. The molecule has 0 spiro atoms. The Morgan fingerprint density at radius 1 is 1.42 bits per heavy atom. The Morgan fingerprint density at radius 2 is 2.26 bits per heavy atom. The second-order valence-corrected chi connectivity index (χ2v) is 4.77. The first kappa shape index (κ1) is 11.9. The average molecular weight is 256 g/mol. The number of amides is 1. The highest BCUT2D eigenvalue weighted by Gasteiger charge is 2.41. The normalized spacial score (nSPS) is 17.9. The molecule has 0 saturated heterocycles. The minimum Gasteiger partial charge on any atom is -0.324 e. The molecular weight excluding hydrogens is 240 g/mol. The monoisotopic (exact) mass is 256 g/mol. The Kier molecular flexibility index (Phi) is 2.81. The van der Waals surface area contributed by atoms with Gasteiger partial charge in [-0.15, -0.1) is 0 Å². The van der Waals surface area contributed by atoms with Gasteiger partial charge in [0.25, 0.3) is 5.91 Å². The van der Waals surface area contributed by atoms with Crippen LogP contribution in [-0.4, -0.2) is 32.5 Å². The van der Waals surface area contributed by atoms with E-state index in [9.17, 15) is 4.79 Å². The van der Waals surface area contributed by atoms with Crippen LogP contribution >= 0.6 is 0 Å². The van der Waals surface area contributed by atoms with Crippen LogP contribution in [0, 0.1) is 6.92 Å². The van der Waals surface area contributed by atoms with Crippen LogP contribution in [0.15, 0.2) is 24.4 Å². The van der Waals surface area contributed by atoms with Crippen molar-refractivity contribution >= 4 is 5.91 Å². The van der Waals surface area contributed by atoms with Crippen LogP contribution in [0.4, 0.5) is 0 Å². The van der Waals surface area contributed by atoms with Crippen LogP contribution in [0.25, 0.3) is 0 Å². The fraction of sp³-hybridized carbons (Fsp3) is 0.357. The lowest BCUT2D eigenvalue weighted by molar-refractivity contribution is 0.0741. The van der Waals surface area contributed by atoms with Gasteiger partial charge in [-0.3, -0.25) is 14.9 Å². The maximum absolute atomic E-state index is 12.4. The largest absolute Gasteiger partial charge is 0.324 e. The van der Waals surface area contributed by atoms with Crippen molar-refractivity contribution in [1.29, 1.82) is 0 Å². The number of hydrogen-bond acceptors (Lipinski definition) is 3. The smallest absolute Gasteiger partial charge is 0.275 e. The number of aromatic amines is 1. The van der Waals surface area contributed by atoms with E-state index < -0.39 is 0 Å². The Morgan fingerprint density at radius 3 is 2.95 bits per heavy atom. The van der Waals surface area contributed by atoms with E-state index in [1.807, 2.05) is 30.0 Å². The van der Waals surface area contributed by atoms with Crippen LogP contribution in [0.2, 0.25) is 0 Å². The molecule has 0 aromatic carbocycles. The summed E-state index contributed by atoms with van der Waals surface area (Å²) in [5, 5.41) is 7.05. The van der Waals surface area contributed by atoms with Gasteiger partial charge in [0.2, 0.25) is 0 Å². The fourth-order valence-electron chi connectivity index (χ4n) is 2.66. The minimum absolute atomic E-state index is 0.00291. The molecular formula is C14H16N4O. The zero-order valence-electron chi connectivity index (χ0n) is 11.1. The predicted octanol–water partition coefficient (Wildman–Crippen LogP) is 2.07. The molecule has 3 heterocycles. The minimum atomic E-state index is -0.109. The zero-order valence-corrected chi connectivity index (χ0v) is 11.1. The summed E-state index contributed by atoms with van der Waals surface area (Å²) in [5.41, 5.74) is 3.35. The van der Waals surface area contributed by atoms with Crippen LogP contribution in [0.3, 0.4) is 0 Å². The summed E-state index contributed by atoms with van der Waals surface area (Å²) in [7, 11) is 0. The number of pyridine rings is 1. The molecule has 3 rings (SSSR count). The number of hydrogen-bond donors (Lipinski definition) is 1.